The molecule has 9 heteroatoms. The predicted octanol–water partition coefficient (Wildman–Crippen LogP) is 3.83. The molecule has 0 fully saturated rings. The van der Waals surface area contributed by atoms with Crippen LogP contribution >= 0.6 is 11.3 Å². The van der Waals surface area contributed by atoms with E-state index in [1.54, 1.807) is 37.3 Å². The minimum absolute atomic E-state index is 0.0343. The Labute approximate surface area is 145 Å². The van der Waals surface area contributed by atoms with Gasteiger partial charge in [0.15, 0.2) is 5.76 Å². The van der Waals surface area contributed by atoms with Gasteiger partial charge in [-0.2, -0.15) is 0 Å². The third-order valence-electron chi connectivity index (χ3n) is 3.27. The van der Waals surface area contributed by atoms with Crippen LogP contribution in [0.3, 0.4) is 0 Å². The Kier molecular flexibility index (Phi) is 4.48. The molecule has 0 atom stereocenters. The number of hydrogen-bond donors (Lipinski definition) is 1. The molecule has 0 unspecified atom stereocenters. The van der Waals surface area contributed by atoms with Crippen LogP contribution in [0.5, 0.6) is 0 Å². The molecular weight excluding hydrogens is 348 g/mol. The topological polar surface area (TPSA) is 112 Å². The van der Waals surface area contributed by atoms with E-state index in [2.05, 4.69) is 5.32 Å². The van der Waals surface area contributed by atoms with Gasteiger partial charge >= 0.3 is 11.0 Å². The molecule has 25 heavy (non-hydrogen) atoms. The standard InChI is InChI=1S/C16H12N2O6S/c1-2-23-16(20)10-8-13(18(21)22)25-15(10)17-14(19)12-7-9-5-3-4-6-11(9)24-12/h3-8H,2H2,1H3,(H,17,19). The number of nitrogens with one attached hydrogen (secondary N) is 1. The van der Waals surface area contributed by atoms with Gasteiger partial charge in [-0.25, -0.2) is 4.79 Å². The lowest BCUT2D eigenvalue weighted by Gasteiger charge is -2.03. The highest BCUT2D eigenvalue weighted by Crippen LogP contribution is 2.34. The SMILES string of the molecule is CCOC(=O)c1cc([N+](=O)[O-])sc1NC(=O)c1cc2ccccc2o1. The number of rotatable bonds is 5. The number of fused-ring (bicyclic) bond motifs is 1. The Morgan fingerprint density at radius 1 is 1.32 bits per heavy atom. The first kappa shape index (κ1) is 16.7. The quantitative estimate of drug-likeness (QED) is 0.420. The van der Waals surface area contributed by atoms with Crippen molar-refractivity contribution in [1.29, 1.82) is 0 Å². The van der Waals surface area contributed by atoms with Crippen molar-refractivity contribution >= 4 is 44.2 Å². The first-order valence-electron chi connectivity index (χ1n) is 7.25. The maximum absolute atomic E-state index is 12.4. The fraction of sp³-hybridized carbons (Fsp3) is 0.125. The van der Waals surface area contributed by atoms with Crippen LogP contribution in [0.2, 0.25) is 0 Å². The zero-order chi connectivity index (χ0) is 18.0. The summed E-state index contributed by atoms with van der Waals surface area (Å²) in [7, 11) is 0. The summed E-state index contributed by atoms with van der Waals surface area (Å²) in [5.74, 6) is -1.32. The normalized spacial score (nSPS) is 10.6. The number of nitrogens with zero attached hydrogens (tertiary/aromatic N) is 1. The maximum atomic E-state index is 12.4. The van der Waals surface area contributed by atoms with Crippen molar-refractivity contribution in [3.63, 3.8) is 0 Å². The largest absolute Gasteiger partial charge is 0.462 e. The molecule has 0 saturated heterocycles. The Morgan fingerprint density at radius 2 is 2.08 bits per heavy atom. The van der Waals surface area contributed by atoms with Crippen LogP contribution in [0.4, 0.5) is 10.0 Å². The van der Waals surface area contributed by atoms with Crippen LogP contribution in [0.15, 0.2) is 40.8 Å². The van der Waals surface area contributed by atoms with Gasteiger partial charge in [0, 0.05) is 11.5 Å². The number of ether oxygens (including phenoxy) is 1. The van der Waals surface area contributed by atoms with Gasteiger partial charge in [-0.05, 0) is 30.4 Å². The molecule has 128 valence electrons. The fourth-order valence-corrected chi connectivity index (χ4v) is 3.04. The van der Waals surface area contributed by atoms with E-state index in [0.717, 1.165) is 11.5 Å². The molecule has 0 bridgehead atoms. The molecule has 3 rings (SSSR count). The average molecular weight is 360 g/mol. The first-order valence-corrected chi connectivity index (χ1v) is 8.06. The summed E-state index contributed by atoms with van der Waals surface area (Å²) in [5.41, 5.74) is 0.471. The van der Waals surface area contributed by atoms with Gasteiger partial charge < -0.3 is 14.5 Å². The van der Waals surface area contributed by atoms with E-state index in [4.69, 9.17) is 9.15 Å². The molecule has 1 aromatic carbocycles. The molecule has 0 saturated carbocycles. The fourth-order valence-electron chi connectivity index (χ4n) is 2.18. The smallest absolute Gasteiger partial charge is 0.341 e. The van der Waals surface area contributed by atoms with Crippen molar-refractivity contribution in [3.05, 3.63) is 57.8 Å². The highest BCUT2D eigenvalue weighted by molar-refractivity contribution is 7.19. The summed E-state index contributed by atoms with van der Waals surface area (Å²) in [6, 6.07) is 9.71. The number of hydrogen-bond acceptors (Lipinski definition) is 7. The summed E-state index contributed by atoms with van der Waals surface area (Å²) >= 11 is 0.678. The molecule has 0 aliphatic heterocycles. The van der Waals surface area contributed by atoms with Gasteiger partial charge in [0.25, 0.3) is 5.91 Å². The second-order valence-electron chi connectivity index (χ2n) is 4.91. The van der Waals surface area contributed by atoms with Gasteiger partial charge in [-0.3, -0.25) is 14.9 Å². The lowest BCUT2D eigenvalue weighted by Crippen LogP contribution is -2.13. The summed E-state index contributed by atoms with van der Waals surface area (Å²) in [4.78, 5) is 34.6. The van der Waals surface area contributed by atoms with E-state index in [1.165, 1.54) is 0 Å². The lowest BCUT2D eigenvalue weighted by molar-refractivity contribution is -0.380. The molecular formula is C16H12N2O6S. The number of anilines is 1. The Hall–Kier alpha value is -3.20. The predicted molar refractivity (Wildman–Crippen MR) is 91.1 cm³/mol. The van der Waals surface area contributed by atoms with Crippen molar-refractivity contribution in [2.45, 2.75) is 6.92 Å². The van der Waals surface area contributed by atoms with E-state index in [0.29, 0.717) is 16.9 Å². The molecule has 0 radical (unpaired) electrons. The van der Waals surface area contributed by atoms with Crippen LogP contribution in [0, 0.1) is 10.1 Å². The van der Waals surface area contributed by atoms with Crippen LogP contribution < -0.4 is 5.32 Å². The molecule has 1 amide bonds. The van der Waals surface area contributed by atoms with E-state index >= 15 is 0 Å². The molecule has 2 heterocycles. The summed E-state index contributed by atoms with van der Waals surface area (Å²) in [6.45, 7) is 1.73. The number of carbonyl (C=O) groups is 2. The zero-order valence-electron chi connectivity index (χ0n) is 13.0. The third kappa shape index (κ3) is 3.36. The van der Waals surface area contributed by atoms with Crippen LogP contribution in [-0.2, 0) is 4.74 Å². The third-order valence-corrected chi connectivity index (χ3v) is 4.27. The van der Waals surface area contributed by atoms with Crippen LogP contribution in [0.25, 0.3) is 11.0 Å². The molecule has 2 aromatic heterocycles. The lowest BCUT2D eigenvalue weighted by atomic mass is 10.2. The van der Waals surface area contributed by atoms with E-state index in [9.17, 15) is 19.7 Å². The summed E-state index contributed by atoms with van der Waals surface area (Å²) < 4.78 is 10.3. The minimum atomic E-state index is -0.744. The van der Waals surface area contributed by atoms with Crippen LogP contribution in [0.1, 0.15) is 27.8 Å². The molecule has 3 aromatic rings. The average Bonchev–Trinajstić information content (AvgIpc) is 3.19. The molecule has 8 nitrogen and oxygen atoms in total. The summed E-state index contributed by atoms with van der Waals surface area (Å²) in [5, 5.41) is 13.9. The first-order chi connectivity index (χ1) is 12.0. The Bertz CT molecular complexity index is 941. The maximum Gasteiger partial charge on any atom is 0.341 e. The highest BCUT2D eigenvalue weighted by atomic mass is 32.1. The Morgan fingerprint density at radius 3 is 2.76 bits per heavy atom. The molecule has 0 spiro atoms. The number of carbonyl (C=O) groups excluding carboxylic acids is 2. The van der Waals surface area contributed by atoms with Crippen molar-refractivity contribution in [2.24, 2.45) is 0 Å². The second-order valence-corrected chi connectivity index (χ2v) is 5.94. The summed E-state index contributed by atoms with van der Waals surface area (Å²) in [6.07, 6.45) is 0. The Balaban J connectivity index is 1.91. The van der Waals surface area contributed by atoms with Gasteiger partial charge in [0.2, 0.25) is 0 Å². The van der Waals surface area contributed by atoms with E-state index in [-0.39, 0.29) is 27.9 Å². The van der Waals surface area contributed by atoms with Gasteiger partial charge in [-0.1, -0.05) is 18.2 Å². The van der Waals surface area contributed by atoms with Gasteiger partial charge in [-0.15, -0.1) is 0 Å². The van der Waals surface area contributed by atoms with Crippen LogP contribution in [-0.4, -0.2) is 23.4 Å². The second kappa shape index (κ2) is 6.73. The number of thiophene rings is 1. The molecule has 0 aliphatic carbocycles. The number of benzene rings is 1. The van der Waals surface area contributed by atoms with Gasteiger partial charge in [0.05, 0.1) is 11.5 Å². The number of nitro groups is 1. The monoisotopic (exact) mass is 360 g/mol. The van der Waals surface area contributed by atoms with Crippen molar-refractivity contribution in [3.8, 4) is 0 Å². The van der Waals surface area contributed by atoms with Crippen molar-refractivity contribution < 1.29 is 23.7 Å². The molecule has 0 aliphatic rings. The van der Waals surface area contributed by atoms with E-state index in [1.807, 2.05) is 0 Å². The van der Waals surface area contributed by atoms with Crippen molar-refractivity contribution in [2.75, 3.05) is 11.9 Å². The molecule has 1 N–H and O–H groups in total. The van der Waals surface area contributed by atoms with Gasteiger partial charge in [0.1, 0.15) is 16.1 Å². The zero-order valence-corrected chi connectivity index (χ0v) is 13.8. The number of para-hydroxylation sites is 1. The van der Waals surface area contributed by atoms with E-state index < -0.39 is 16.8 Å². The van der Waals surface area contributed by atoms with Crippen molar-refractivity contribution in [1.82, 2.24) is 0 Å². The minimum Gasteiger partial charge on any atom is -0.462 e. The highest BCUT2D eigenvalue weighted by Gasteiger charge is 2.25. The number of amides is 1. The number of esters is 1. The number of furan rings is 1.